The summed E-state index contributed by atoms with van der Waals surface area (Å²) in [6.45, 7) is 2.79. The molecule has 1 N–H and O–H groups in total. The van der Waals surface area contributed by atoms with E-state index in [0.717, 1.165) is 33.8 Å². The Morgan fingerprint density at radius 3 is 2.67 bits per heavy atom. The number of hydrogen-bond acceptors (Lipinski definition) is 6. The molecule has 156 valence electrons. The lowest BCUT2D eigenvalue weighted by Crippen LogP contribution is -2.32. The molecule has 3 aliphatic rings. The van der Waals surface area contributed by atoms with Crippen molar-refractivity contribution in [3.05, 3.63) is 30.4 Å². The van der Waals surface area contributed by atoms with Crippen molar-refractivity contribution in [3.63, 3.8) is 0 Å². The van der Waals surface area contributed by atoms with Crippen LogP contribution in [0.25, 0.3) is 10.2 Å². The van der Waals surface area contributed by atoms with Crippen LogP contribution in [-0.4, -0.2) is 35.0 Å². The van der Waals surface area contributed by atoms with Crippen LogP contribution in [0.3, 0.4) is 0 Å². The van der Waals surface area contributed by atoms with Crippen molar-refractivity contribution in [3.8, 4) is 0 Å². The Labute approximate surface area is 183 Å². The third-order valence-electron chi connectivity index (χ3n) is 6.26. The van der Waals surface area contributed by atoms with E-state index in [2.05, 4.69) is 29.4 Å². The number of imide groups is 1. The van der Waals surface area contributed by atoms with Crippen molar-refractivity contribution in [2.24, 2.45) is 23.7 Å². The molecular weight excluding hydrogens is 418 g/mol. The van der Waals surface area contributed by atoms with Crippen molar-refractivity contribution in [2.75, 3.05) is 17.2 Å². The summed E-state index contributed by atoms with van der Waals surface area (Å²) in [5, 5.41) is 2.91. The van der Waals surface area contributed by atoms with Crippen LogP contribution in [0.15, 0.2) is 34.7 Å². The Morgan fingerprint density at radius 2 is 1.97 bits per heavy atom. The van der Waals surface area contributed by atoms with Crippen molar-refractivity contribution >= 4 is 56.7 Å². The van der Waals surface area contributed by atoms with Crippen LogP contribution < -0.4 is 10.2 Å². The largest absolute Gasteiger partial charge is 0.355 e. The molecule has 4 atom stereocenters. The summed E-state index contributed by atoms with van der Waals surface area (Å²) in [6, 6.07) is 5.54. The van der Waals surface area contributed by atoms with Crippen LogP contribution in [0.2, 0.25) is 0 Å². The van der Waals surface area contributed by atoms with E-state index in [1.807, 2.05) is 12.1 Å². The van der Waals surface area contributed by atoms with Crippen molar-refractivity contribution < 1.29 is 14.4 Å². The zero-order valence-corrected chi connectivity index (χ0v) is 18.3. The fraction of sp³-hybridized carbons (Fsp3) is 0.455. The lowest BCUT2D eigenvalue weighted by Gasteiger charge is -2.17. The zero-order valence-electron chi connectivity index (χ0n) is 16.7. The van der Waals surface area contributed by atoms with E-state index in [1.54, 1.807) is 6.07 Å². The lowest BCUT2D eigenvalue weighted by molar-refractivity contribution is -0.123. The maximum Gasteiger partial charge on any atom is 0.238 e. The number of hydrogen-bond donors (Lipinski definition) is 1. The van der Waals surface area contributed by atoms with E-state index in [-0.39, 0.29) is 41.4 Å². The van der Waals surface area contributed by atoms with E-state index < -0.39 is 0 Å². The minimum absolute atomic E-state index is 0.0106. The fourth-order valence-electron chi connectivity index (χ4n) is 4.83. The molecule has 6 nitrogen and oxygen atoms in total. The number of allylic oxidation sites excluding steroid dienone is 2. The summed E-state index contributed by atoms with van der Waals surface area (Å²) in [7, 11) is 0. The van der Waals surface area contributed by atoms with Crippen molar-refractivity contribution in [1.29, 1.82) is 0 Å². The van der Waals surface area contributed by atoms with Gasteiger partial charge in [-0.2, -0.15) is 0 Å². The number of carbonyl (C=O) groups is 3. The van der Waals surface area contributed by atoms with Gasteiger partial charge in [-0.25, -0.2) is 9.88 Å². The molecule has 2 aliphatic carbocycles. The van der Waals surface area contributed by atoms with Crippen LogP contribution in [0.5, 0.6) is 0 Å². The first-order chi connectivity index (χ1) is 14.6. The molecule has 2 bridgehead atoms. The van der Waals surface area contributed by atoms with Gasteiger partial charge < -0.3 is 5.32 Å². The van der Waals surface area contributed by atoms with Gasteiger partial charge in [0.2, 0.25) is 17.7 Å². The first-order valence-electron chi connectivity index (χ1n) is 10.4. The summed E-state index contributed by atoms with van der Waals surface area (Å²) in [5.41, 5.74) is 1.45. The summed E-state index contributed by atoms with van der Waals surface area (Å²) in [5.74, 6) is 0.243. The molecule has 2 fully saturated rings. The molecule has 1 aromatic heterocycles. The maximum absolute atomic E-state index is 13.0. The van der Waals surface area contributed by atoms with Gasteiger partial charge in [0.05, 0.1) is 33.5 Å². The third kappa shape index (κ3) is 3.26. The van der Waals surface area contributed by atoms with Crippen molar-refractivity contribution in [1.82, 2.24) is 10.3 Å². The van der Waals surface area contributed by atoms with Crippen molar-refractivity contribution in [2.45, 2.75) is 30.5 Å². The van der Waals surface area contributed by atoms with E-state index in [9.17, 15) is 14.4 Å². The average molecular weight is 442 g/mol. The van der Waals surface area contributed by atoms with Gasteiger partial charge in [-0.15, -0.1) is 11.3 Å². The number of benzene rings is 1. The standard InChI is InChI=1S/C22H23N3O3S2/c1-2-3-8-23-17(26)11-29-22-24-15-7-6-14(10-16(15)30-22)25-20(27)18-12-4-5-13(9-12)19(18)21(25)28/h4-7,10,12-13,18-19H,2-3,8-9,11H2,1H3,(H,23,26)/t12-,13-,18-,19-/m0/s1. The second-order valence-electron chi connectivity index (χ2n) is 8.14. The first kappa shape index (κ1) is 19.8. The molecule has 1 aliphatic heterocycles. The Morgan fingerprint density at radius 1 is 1.23 bits per heavy atom. The molecule has 3 amide bonds. The molecule has 2 heterocycles. The third-order valence-corrected chi connectivity index (χ3v) is 8.42. The number of fused-ring (bicyclic) bond motifs is 6. The molecule has 1 saturated heterocycles. The number of anilines is 1. The number of nitrogens with one attached hydrogen (secondary N) is 1. The molecule has 0 spiro atoms. The second kappa shape index (κ2) is 7.81. The SMILES string of the molecule is CCCCNC(=O)CSc1nc2ccc(N3C(=O)[C@@H]4[C@@H](C3=O)[C@H]3C=C[C@H]4C3)cc2s1. The highest BCUT2D eigenvalue weighted by molar-refractivity contribution is 8.01. The first-order valence-corrected chi connectivity index (χ1v) is 12.2. The molecule has 0 unspecified atom stereocenters. The quantitative estimate of drug-likeness (QED) is 0.307. The number of amides is 3. The van der Waals surface area contributed by atoms with Crippen LogP contribution >= 0.6 is 23.1 Å². The van der Waals surface area contributed by atoms with Gasteiger partial charge in [-0.3, -0.25) is 14.4 Å². The average Bonchev–Trinajstić information content (AvgIpc) is 3.49. The summed E-state index contributed by atoms with van der Waals surface area (Å²) in [4.78, 5) is 43.9. The predicted octanol–water partition coefficient (Wildman–Crippen LogP) is 3.62. The Bertz CT molecular complexity index is 1030. The van der Waals surface area contributed by atoms with Crippen LogP contribution in [0.4, 0.5) is 5.69 Å². The van der Waals surface area contributed by atoms with E-state index in [1.165, 1.54) is 28.0 Å². The molecular formula is C22H23N3O3S2. The highest BCUT2D eigenvalue weighted by atomic mass is 32.2. The van der Waals surface area contributed by atoms with Gasteiger partial charge in [0.1, 0.15) is 0 Å². The number of aromatic nitrogens is 1. The lowest BCUT2D eigenvalue weighted by atomic mass is 9.85. The summed E-state index contributed by atoms with van der Waals surface area (Å²) < 4.78 is 1.73. The van der Waals surface area contributed by atoms with E-state index in [4.69, 9.17) is 0 Å². The van der Waals surface area contributed by atoms with E-state index in [0.29, 0.717) is 18.0 Å². The Balaban J connectivity index is 1.31. The van der Waals surface area contributed by atoms with Crippen LogP contribution in [0, 0.1) is 23.7 Å². The fourth-order valence-corrected chi connectivity index (χ4v) is 6.76. The smallest absolute Gasteiger partial charge is 0.238 e. The number of thioether (sulfide) groups is 1. The van der Waals surface area contributed by atoms with E-state index >= 15 is 0 Å². The monoisotopic (exact) mass is 441 g/mol. The molecule has 5 rings (SSSR count). The number of unbranched alkanes of at least 4 members (excludes halogenated alkanes) is 1. The molecule has 1 saturated carbocycles. The molecule has 2 aromatic rings. The van der Waals surface area contributed by atoms with Crippen LogP contribution in [0.1, 0.15) is 26.2 Å². The van der Waals surface area contributed by atoms with Gasteiger partial charge >= 0.3 is 0 Å². The molecule has 30 heavy (non-hydrogen) atoms. The van der Waals surface area contributed by atoms with Crippen LogP contribution in [-0.2, 0) is 14.4 Å². The highest BCUT2D eigenvalue weighted by Gasteiger charge is 2.59. The van der Waals surface area contributed by atoms with Gasteiger partial charge in [-0.05, 0) is 42.9 Å². The maximum atomic E-state index is 13.0. The number of nitrogens with zero attached hydrogens (tertiary/aromatic N) is 2. The molecule has 8 heteroatoms. The zero-order chi connectivity index (χ0) is 20.8. The van der Waals surface area contributed by atoms with Gasteiger partial charge in [0.25, 0.3) is 0 Å². The summed E-state index contributed by atoms with van der Waals surface area (Å²) >= 11 is 2.90. The molecule has 1 aromatic carbocycles. The van der Waals surface area contributed by atoms with Gasteiger partial charge in [0, 0.05) is 6.54 Å². The van der Waals surface area contributed by atoms with Gasteiger partial charge in [-0.1, -0.05) is 37.3 Å². The topological polar surface area (TPSA) is 79.4 Å². The molecule has 0 radical (unpaired) electrons. The van der Waals surface area contributed by atoms with Gasteiger partial charge in [0.15, 0.2) is 4.34 Å². The summed E-state index contributed by atoms with van der Waals surface area (Å²) in [6.07, 6.45) is 7.17. The second-order valence-corrected chi connectivity index (χ2v) is 10.4. The normalized spacial score (nSPS) is 26.8. The number of thiazole rings is 1. The minimum Gasteiger partial charge on any atom is -0.355 e. The Hall–Kier alpha value is -2.19. The number of rotatable bonds is 7. The highest BCUT2D eigenvalue weighted by Crippen LogP contribution is 2.53. The number of carbonyl (C=O) groups excluding carboxylic acids is 3. The predicted molar refractivity (Wildman–Crippen MR) is 118 cm³/mol. The Kier molecular flexibility index (Phi) is 5.14. The minimum atomic E-state index is -0.193.